The lowest BCUT2D eigenvalue weighted by Gasteiger charge is -2.36. The maximum Gasteiger partial charge on any atom is 0.161 e. The molecule has 0 spiro atoms. The van der Waals surface area contributed by atoms with Gasteiger partial charge in [0.05, 0.1) is 5.69 Å². The van der Waals surface area contributed by atoms with E-state index in [4.69, 9.17) is 4.98 Å². The normalized spacial score (nSPS) is 15.8. The number of aromatic nitrogens is 1. The van der Waals surface area contributed by atoms with Crippen LogP contribution >= 0.6 is 0 Å². The van der Waals surface area contributed by atoms with E-state index in [0.717, 1.165) is 53.6 Å². The molecule has 0 radical (unpaired) electrons. The van der Waals surface area contributed by atoms with Crippen LogP contribution in [-0.2, 0) is 5.41 Å². The van der Waals surface area contributed by atoms with E-state index >= 15 is 0 Å². The number of nitrogens with zero attached hydrogens (tertiary/aromatic N) is 4. The zero-order valence-corrected chi connectivity index (χ0v) is 25.1. The largest absolute Gasteiger partial charge is 0.317 e. The van der Waals surface area contributed by atoms with Gasteiger partial charge in [0.2, 0.25) is 0 Å². The van der Waals surface area contributed by atoms with Gasteiger partial charge in [-0.05, 0) is 85.3 Å². The second-order valence-electron chi connectivity index (χ2n) is 11.4. The molecule has 0 bridgehead atoms. The first kappa shape index (κ1) is 27.6. The summed E-state index contributed by atoms with van der Waals surface area (Å²) >= 11 is 0. The topological polar surface area (TPSA) is 22.6 Å². The van der Waals surface area contributed by atoms with Crippen LogP contribution in [0.3, 0.4) is 0 Å². The van der Waals surface area contributed by atoms with Crippen molar-refractivity contribution < 1.29 is 0 Å². The molecule has 0 amide bonds. The van der Waals surface area contributed by atoms with Gasteiger partial charge in [-0.3, -0.25) is 4.90 Å². The Morgan fingerprint density at radius 1 is 0.667 bits per heavy atom. The molecule has 6 rings (SSSR count). The number of fused-ring (bicyclic) bond motifs is 1. The number of benzene rings is 4. The molecule has 4 nitrogen and oxygen atoms in total. The maximum absolute atomic E-state index is 5.50. The van der Waals surface area contributed by atoms with Gasteiger partial charge in [-0.2, -0.15) is 0 Å². The number of anilines is 7. The van der Waals surface area contributed by atoms with Crippen LogP contribution < -0.4 is 14.7 Å². The van der Waals surface area contributed by atoms with E-state index in [-0.39, 0.29) is 11.6 Å². The third-order valence-corrected chi connectivity index (χ3v) is 8.76. The van der Waals surface area contributed by atoms with Gasteiger partial charge in [-0.1, -0.05) is 100.0 Å². The summed E-state index contributed by atoms with van der Waals surface area (Å²) in [6.45, 7) is 9.32. The number of hydrogen-bond donors (Lipinski definition) is 0. The van der Waals surface area contributed by atoms with Crippen LogP contribution in [0.1, 0.15) is 52.5 Å². The molecule has 1 aromatic heterocycles. The lowest BCUT2D eigenvalue weighted by Crippen LogP contribution is -2.37. The summed E-state index contributed by atoms with van der Waals surface area (Å²) < 4.78 is 0. The van der Waals surface area contributed by atoms with E-state index in [0.29, 0.717) is 0 Å². The van der Waals surface area contributed by atoms with Crippen LogP contribution in [-0.4, -0.2) is 11.1 Å². The van der Waals surface area contributed by atoms with Crippen LogP contribution in [0.15, 0.2) is 127 Å². The number of pyridine rings is 1. The molecule has 2 atom stereocenters. The Kier molecular flexibility index (Phi) is 7.71. The molecule has 4 heteroatoms. The zero-order chi connectivity index (χ0) is 29.1. The van der Waals surface area contributed by atoms with Crippen LogP contribution in [0.2, 0.25) is 0 Å². The fourth-order valence-electron chi connectivity index (χ4n) is 6.49. The van der Waals surface area contributed by atoms with Crippen molar-refractivity contribution in [3.8, 4) is 0 Å². The molecule has 4 aromatic carbocycles. The molecule has 2 heterocycles. The van der Waals surface area contributed by atoms with Crippen molar-refractivity contribution in [2.75, 3.05) is 14.7 Å². The monoisotopic (exact) mass is 552 g/mol. The minimum Gasteiger partial charge on any atom is -0.317 e. The Balaban J connectivity index is 1.57. The molecule has 0 fully saturated rings. The van der Waals surface area contributed by atoms with Crippen LogP contribution in [0.4, 0.5) is 40.1 Å². The lowest BCUT2D eigenvalue weighted by molar-refractivity contribution is 0.414. The molecule has 5 aromatic rings. The molecular formula is C38H40N4. The Morgan fingerprint density at radius 2 is 1.24 bits per heavy atom. The Bertz CT molecular complexity index is 1580. The third kappa shape index (κ3) is 4.92. The minimum atomic E-state index is 0.0379. The van der Waals surface area contributed by atoms with E-state index in [1.54, 1.807) is 0 Å². The van der Waals surface area contributed by atoms with Gasteiger partial charge >= 0.3 is 0 Å². The molecule has 1 aliphatic rings. The van der Waals surface area contributed by atoms with Crippen LogP contribution in [0.25, 0.3) is 0 Å². The van der Waals surface area contributed by atoms with E-state index < -0.39 is 0 Å². The van der Waals surface area contributed by atoms with E-state index in [2.05, 4.69) is 170 Å². The number of rotatable bonds is 9. The molecule has 212 valence electrons. The van der Waals surface area contributed by atoms with E-state index in [1.807, 2.05) is 0 Å². The predicted octanol–water partition coefficient (Wildman–Crippen LogP) is 10.7. The van der Waals surface area contributed by atoms with Crippen molar-refractivity contribution in [3.63, 3.8) is 0 Å². The van der Waals surface area contributed by atoms with E-state index in [1.165, 1.54) is 11.3 Å². The fourth-order valence-corrected chi connectivity index (χ4v) is 6.49. The summed E-state index contributed by atoms with van der Waals surface area (Å²) in [7, 11) is 0. The van der Waals surface area contributed by atoms with E-state index in [9.17, 15) is 0 Å². The molecule has 0 saturated heterocycles. The SMILES string of the molecule is CCCC(C)(CC)c1ccccc1N1c2nc(N(c3ccccc3)c3ccccc3)ccc2N(c2ccccc2)C1C. The van der Waals surface area contributed by atoms with Crippen molar-refractivity contribution in [1.29, 1.82) is 0 Å². The summed E-state index contributed by atoms with van der Waals surface area (Å²) in [4.78, 5) is 12.6. The first-order valence-corrected chi connectivity index (χ1v) is 15.2. The Hall–Kier alpha value is -4.57. The van der Waals surface area contributed by atoms with Crippen molar-refractivity contribution in [1.82, 2.24) is 4.98 Å². The van der Waals surface area contributed by atoms with Crippen molar-refractivity contribution in [2.45, 2.75) is 58.5 Å². The third-order valence-electron chi connectivity index (χ3n) is 8.76. The highest BCUT2D eigenvalue weighted by molar-refractivity contribution is 5.89. The molecule has 0 aliphatic carbocycles. The highest BCUT2D eigenvalue weighted by Crippen LogP contribution is 2.51. The average molecular weight is 553 g/mol. The predicted molar refractivity (Wildman–Crippen MR) is 178 cm³/mol. The van der Waals surface area contributed by atoms with Crippen molar-refractivity contribution in [2.24, 2.45) is 0 Å². The van der Waals surface area contributed by atoms with Crippen molar-refractivity contribution in [3.05, 3.63) is 133 Å². The molecule has 0 saturated carbocycles. The fraction of sp³-hybridized carbons (Fsp3) is 0.237. The summed E-state index contributed by atoms with van der Waals surface area (Å²) in [6, 6.07) is 45.1. The zero-order valence-electron chi connectivity index (χ0n) is 25.1. The highest BCUT2D eigenvalue weighted by atomic mass is 15.4. The summed E-state index contributed by atoms with van der Waals surface area (Å²) in [5.41, 5.74) is 7.13. The highest BCUT2D eigenvalue weighted by Gasteiger charge is 2.39. The summed E-state index contributed by atoms with van der Waals surface area (Å²) in [6.07, 6.45) is 3.41. The van der Waals surface area contributed by atoms with Gasteiger partial charge in [-0.25, -0.2) is 4.98 Å². The van der Waals surface area contributed by atoms with Crippen LogP contribution in [0, 0.1) is 0 Å². The van der Waals surface area contributed by atoms with Crippen LogP contribution in [0.5, 0.6) is 0 Å². The Morgan fingerprint density at radius 3 is 1.83 bits per heavy atom. The first-order valence-electron chi connectivity index (χ1n) is 15.2. The molecule has 42 heavy (non-hydrogen) atoms. The Labute approximate surface area is 250 Å². The van der Waals surface area contributed by atoms with Gasteiger partial charge in [0, 0.05) is 22.7 Å². The number of hydrogen-bond acceptors (Lipinski definition) is 4. The van der Waals surface area contributed by atoms with Crippen molar-refractivity contribution >= 4 is 40.1 Å². The minimum absolute atomic E-state index is 0.0379. The first-order chi connectivity index (χ1) is 20.6. The molecular weight excluding hydrogens is 512 g/mol. The van der Waals surface area contributed by atoms with Gasteiger partial charge < -0.3 is 9.80 Å². The van der Waals surface area contributed by atoms with Gasteiger partial charge in [0.25, 0.3) is 0 Å². The van der Waals surface area contributed by atoms with Gasteiger partial charge in [0.15, 0.2) is 5.82 Å². The standard InChI is InChI=1S/C38H40N4/c1-5-28-38(4,6-2)33-24-16-17-25-34(33)41-29(3)40(30-18-10-7-11-19-30)35-26-27-36(39-37(35)41)42(31-20-12-8-13-21-31)32-22-14-9-15-23-32/h7-27,29H,5-6,28H2,1-4H3. The molecule has 2 unspecified atom stereocenters. The summed E-state index contributed by atoms with van der Waals surface area (Å²) in [5.74, 6) is 1.87. The number of para-hydroxylation sites is 4. The smallest absolute Gasteiger partial charge is 0.161 e. The second kappa shape index (κ2) is 11.7. The lowest BCUT2D eigenvalue weighted by atomic mass is 9.75. The summed E-state index contributed by atoms with van der Waals surface area (Å²) in [5, 5.41) is 0. The average Bonchev–Trinajstić information content (AvgIpc) is 3.33. The second-order valence-corrected chi connectivity index (χ2v) is 11.4. The quantitative estimate of drug-likeness (QED) is 0.181. The van der Waals surface area contributed by atoms with Gasteiger partial charge in [0.1, 0.15) is 12.0 Å². The van der Waals surface area contributed by atoms with Gasteiger partial charge in [-0.15, -0.1) is 0 Å². The molecule has 0 N–H and O–H groups in total. The molecule has 1 aliphatic heterocycles. The maximum atomic E-state index is 5.50.